The van der Waals surface area contributed by atoms with E-state index in [1.54, 1.807) is 6.20 Å². The second-order valence-electron chi connectivity index (χ2n) is 5.45. The van der Waals surface area contributed by atoms with E-state index >= 15 is 0 Å². The van der Waals surface area contributed by atoms with Crippen molar-refractivity contribution in [1.82, 2.24) is 4.98 Å². The van der Waals surface area contributed by atoms with Crippen LogP contribution in [0.5, 0.6) is 0 Å². The van der Waals surface area contributed by atoms with Gasteiger partial charge in [-0.25, -0.2) is 9.78 Å². The quantitative estimate of drug-likeness (QED) is 0.911. The molecule has 4 nitrogen and oxygen atoms in total. The van der Waals surface area contributed by atoms with E-state index < -0.39 is 12.0 Å². The maximum atomic E-state index is 11.6. The molecule has 0 amide bonds. The summed E-state index contributed by atoms with van der Waals surface area (Å²) >= 11 is 0. The van der Waals surface area contributed by atoms with E-state index in [0.29, 0.717) is 0 Å². The number of piperidine rings is 1. The number of benzene rings is 1. The number of aromatic nitrogens is 1. The first-order chi connectivity index (χ1) is 9.68. The first-order valence-corrected chi connectivity index (χ1v) is 7.01. The van der Waals surface area contributed by atoms with Crippen LogP contribution in [0.3, 0.4) is 0 Å². The van der Waals surface area contributed by atoms with Crippen molar-refractivity contribution in [2.24, 2.45) is 5.92 Å². The van der Waals surface area contributed by atoms with Crippen LogP contribution < -0.4 is 4.90 Å². The van der Waals surface area contributed by atoms with E-state index in [4.69, 9.17) is 0 Å². The van der Waals surface area contributed by atoms with Gasteiger partial charge in [0.15, 0.2) is 0 Å². The summed E-state index contributed by atoms with van der Waals surface area (Å²) in [6.45, 7) is 2.76. The lowest BCUT2D eigenvalue weighted by Crippen LogP contribution is -2.49. The summed E-state index contributed by atoms with van der Waals surface area (Å²) in [5, 5.41) is 11.7. The molecule has 0 saturated carbocycles. The van der Waals surface area contributed by atoms with Gasteiger partial charge in [-0.05, 0) is 30.2 Å². The van der Waals surface area contributed by atoms with Gasteiger partial charge in [0.1, 0.15) is 11.9 Å². The number of anilines is 1. The van der Waals surface area contributed by atoms with Crippen molar-refractivity contribution in [1.29, 1.82) is 0 Å². The molecule has 3 rings (SSSR count). The molecule has 1 aromatic heterocycles. The van der Waals surface area contributed by atoms with Crippen LogP contribution in [0.2, 0.25) is 0 Å². The largest absolute Gasteiger partial charge is 0.480 e. The highest BCUT2D eigenvalue weighted by atomic mass is 16.4. The van der Waals surface area contributed by atoms with Crippen LogP contribution in [-0.2, 0) is 4.79 Å². The van der Waals surface area contributed by atoms with E-state index in [1.165, 1.54) is 0 Å². The molecule has 1 aliphatic heterocycles. The molecule has 1 N–H and O–H groups in total. The maximum Gasteiger partial charge on any atom is 0.326 e. The van der Waals surface area contributed by atoms with E-state index in [-0.39, 0.29) is 5.92 Å². The molecular weight excluding hydrogens is 252 g/mol. The number of carbonyl (C=O) groups is 1. The van der Waals surface area contributed by atoms with Gasteiger partial charge in [-0.15, -0.1) is 0 Å². The van der Waals surface area contributed by atoms with Crippen molar-refractivity contribution in [2.45, 2.75) is 25.8 Å². The lowest BCUT2D eigenvalue weighted by atomic mass is 9.90. The van der Waals surface area contributed by atoms with Crippen molar-refractivity contribution in [3.8, 4) is 0 Å². The van der Waals surface area contributed by atoms with Crippen molar-refractivity contribution in [3.63, 3.8) is 0 Å². The van der Waals surface area contributed by atoms with Crippen LogP contribution in [0.1, 0.15) is 19.8 Å². The first-order valence-electron chi connectivity index (χ1n) is 7.01. The molecule has 1 saturated heterocycles. The second kappa shape index (κ2) is 5.12. The maximum absolute atomic E-state index is 11.6. The Kier molecular flexibility index (Phi) is 3.30. The number of carboxylic acids is 1. The Bertz CT molecular complexity index is 636. The molecule has 1 fully saturated rings. The Morgan fingerprint density at radius 2 is 2.15 bits per heavy atom. The summed E-state index contributed by atoms with van der Waals surface area (Å²) in [7, 11) is 0. The lowest BCUT2D eigenvalue weighted by Gasteiger charge is -2.38. The number of nitrogens with zero attached hydrogens (tertiary/aromatic N) is 2. The number of fused-ring (bicyclic) bond motifs is 1. The summed E-state index contributed by atoms with van der Waals surface area (Å²) in [5.74, 6) is 0.177. The first kappa shape index (κ1) is 12.9. The van der Waals surface area contributed by atoms with Crippen LogP contribution in [0.25, 0.3) is 10.8 Å². The fourth-order valence-corrected chi connectivity index (χ4v) is 3.13. The fourth-order valence-electron chi connectivity index (χ4n) is 3.13. The molecule has 4 heteroatoms. The highest BCUT2D eigenvalue weighted by Crippen LogP contribution is 2.32. The zero-order chi connectivity index (χ0) is 14.1. The molecule has 20 heavy (non-hydrogen) atoms. The molecule has 0 bridgehead atoms. The SMILES string of the molecule is CC1CCCN(c2nccc3ccccc23)C1C(=O)O. The third-order valence-electron chi connectivity index (χ3n) is 4.11. The average Bonchev–Trinajstić information content (AvgIpc) is 2.46. The standard InChI is InChI=1S/C16H18N2O2/c1-11-5-4-10-18(14(11)16(19)20)15-13-7-3-2-6-12(13)8-9-17-15/h2-3,6-9,11,14H,4-5,10H2,1H3,(H,19,20). The van der Waals surface area contributed by atoms with E-state index in [2.05, 4.69) is 4.98 Å². The molecular formula is C16H18N2O2. The van der Waals surface area contributed by atoms with Gasteiger partial charge in [0, 0.05) is 18.1 Å². The summed E-state index contributed by atoms with van der Waals surface area (Å²) in [5.41, 5.74) is 0. The van der Waals surface area contributed by atoms with Crippen molar-refractivity contribution in [3.05, 3.63) is 36.5 Å². The van der Waals surface area contributed by atoms with Crippen LogP contribution in [0.4, 0.5) is 5.82 Å². The topological polar surface area (TPSA) is 53.4 Å². The van der Waals surface area contributed by atoms with Gasteiger partial charge < -0.3 is 10.0 Å². The zero-order valence-corrected chi connectivity index (χ0v) is 11.5. The molecule has 0 spiro atoms. The predicted octanol–water partition coefficient (Wildman–Crippen LogP) is 2.92. The average molecular weight is 270 g/mol. The predicted molar refractivity (Wildman–Crippen MR) is 78.9 cm³/mol. The Balaban J connectivity index is 2.11. The summed E-state index contributed by atoms with van der Waals surface area (Å²) in [6, 6.07) is 9.47. The normalized spacial score (nSPS) is 22.9. The monoisotopic (exact) mass is 270 g/mol. The number of pyridine rings is 1. The van der Waals surface area contributed by atoms with Crippen molar-refractivity contribution >= 4 is 22.6 Å². The molecule has 2 heterocycles. The molecule has 0 radical (unpaired) electrons. The van der Waals surface area contributed by atoms with Crippen molar-refractivity contribution in [2.75, 3.05) is 11.4 Å². The molecule has 1 aliphatic rings. The third kappa shape index (κ3) is 2.11. The molecule has 1 aromatic carbocycles. The fraction of sp³-hybridized carbons (Fsp3) is 0.375. The Hall–Kier alpha value is -2.10. The Morgan fingerprint density at radius 3 is 2.95 bits per heavy atom. The van der Waals surface area contributed by atoms with Gasteiger partial charge in [-0.1, -0.05) is 31.2 Å². The minimum Gasteiger partial charge on any atom is -0.480 e. The van der Waals surface area contributed by atoms with E-state index in [0.717, 1.165) is 36.0 Å². The number of hydrogen-bond donors (Lipinski definition) is 1. The number of aliphatic carboxylic acids is 1. The van der Waals surface area contributed by atoms with Crippen LogP contribution in [0, 0.1) is 5.92 Å². The van der Waals surface area contributed by atoms with Gasteiger partial charge in [0.25, 0.3) is 0 Å². The molecule has 0 aliphatic carbocycles. The van der Waals surface area contributed by atoms with Crippen LogP contribution in [-0.4, -0.2) is 28.6 Å². The number of rotatable bonds is 2. The minimum atomic E-state index is -0.757. The van der Waals surface area contributed by atoms with Gasteiger partial charge in [0.2, 0.25) is 0 Å². The van der Waals surface area contributed by atoms with E-state index in [1.807, 2.05) is 42.2 Å². The third-order valence-corrected chi connectivity index (χ3v) is 4.11. The molecule has 2 atom stereocenters. The van der Waals surface area contributed by atoms with Gasteiger partial charge in [0.05, 0.1) is 0 Å². The van der Waals surface area contributed by atoms with Crippen molar-refractivity contribution < 1.29 is 9.90 Å². The second-order valence-corrected chi connectivity index (χ2v) is 5.45. The lowest BCUT2D eigenvalue weighted by molar-refractivity contribution is -0.140. The number of carboxylic acid groups (broad SMARTS) is 1. The van der Waals surface area contributed by atoms with Gasteiger partial charge in [-0.3, -0.25) is 0 Å². The summed E-state index contributed by atoms with van der Waals surface area (Å²) in [6.07, 6.45) is 3.73. The summed E-state index contributed by atoms with van der Waals surface area (Å²) in [4.78, 5) is 18.0. The van der Waals surface area contributed by atoms with Gasteiger partial charge in [-0.2, -0.15) is 0 Å². The van der Waals surface area contributed by atoms with Crippen LogP contribution >= 0.6 is 0 Å². The number of hydrogen-bond acceptors (Lipinski definition) is 3. The highest BCUT2D eigenvalue weighted by molar-refractivity contribution is 5.93. The highest BCUT2D eigenvalue weighted by Gasteiger charge is 2.35. The smallest absolute Gasteiger partial charge is 0.326 e. The minimum absolute atomic E-state index is 0.141. The molecule has 104 valence electrons. The van der Waals surface area contributed by atoms with Gasteiger partial charge >= 0.3 is 5.97 Å². The van der Waals surface area contributed by atoms with E-state index in [9.17, 15) is 9.90 Å². The molecule has 2 aromatic rings. The Labute approximate surface area is 118 Å². The Morgan fingerprint density at radius 1 is 1.35 bits per heavy atom. The summed E-state index contributed by atoms with van der Waals surface area (Å²) < 4.78 is 0. The molecule has 2 unspecified atom stereocenters. The van der Waals surface area contributed by atoms with Crippen LogP contribution in [0.15, 0.2) is 36.5 Å². The zero-order valence-electron chi connectivity index (χ0n) is 11.5.